The molecule has 0 amide bonds. The van der Waals surface area contributed by atoms with Gasteiger partial charge in [0.2, 0.25) is 5.78 Å². The number of alkyl halides is 2. The first-order valence-electron chi connectivity index (χ1n) is 5.74. The molecule has 0 saturated heterocycles. The number of rotatable bonds is 0. The number of carbonyl (C=O) groups is 1. The largest absolute Gasteiger partial charge is 0.328 e. The summed E-state index contributed by atoms with van der Waals surface area (Å²) in [6.07, 6.45) is 2.42. The summed E-state index contributed by atoms with van der Waals surface area (Å²) in [5.41, 5.74) is -0.228. The monoisotopic (exact) mass is 242 g/mol. The molecule has 0 aromatic heterocycles. The molecule has 1 aliphatic carbocycles. The highest BCUT2D eigenvalue weighted by Gasteiger charge is 2.45. The zero-order valence-corrected chi connectivity index (χ0v) is 11.3. The lowest BCUT2D eigenvalue weighted by Gasteiger charge is -2.32. The van der Waals surface area contributed by atoms with Crippen molar-refractivity contribution in [3.05, 3.63) is 23.3 Å². The van der Waals surface area contributed by atoms with E-state index in [1.807, 2.05) is 20.8 Å². The minimum Gasteiger partial charge on any atom is -0.287 e. The molecule has 0 aromatic carbocycles. The predicted molar refractivity (Wildman–Crippen MR) is 65.0 cm³/mol. The van der Waals surface area contributed by atoms with Crippen LogP contribution in [0.3, 0.4) is 0 Å². The van der Waals surface area contributed by atoms with Gasteiger partial charge < -0.3 is 0 Å². The third-order valence-electron chi connectivity index (χ3n) is 2.86. The van der Waals surface area contributed by atoms with Crippen LogP contribution in [0.25, 0.3) is 0 Å². The Labute approximate surface area is 102 Å². The van der Waals surface area contributed by atoms with Gasteiger partial charge in [0.15, 0.2) is 0 Å². The van der Waals surface area contributed by atoms with Gasteiger partial charge in [0, 0.05) is 5.57 Å². The van der Waals surface area contributed by atoms with E-state index < -0.39 is 17.1 Å². The van der Waals surface area contributed by atoms with Crippen LogP contribution in [-0.4, -0.2) is 11.7 Å². The molecule has 17 heavy (non-hydrogen) atoms. The van der Waals surface area contributed by atoms with Crippen LogP contribution in [0.5, 0.6) is 0 Å². The molecule has 1 aliphatic rings. The van der Waals surface area contributed by atoms with Crippen molar-refractivity contribution in [1.82, 2.24) is 0 Å². The Kier molecular flexibility index (Phi) is 3.11. The maximum absolute atomic E-state index is 13.7. The maximum atomic E-state index is 13.7. The second-order valence-electron chi connectivity index (χ2n) is 6.61. The van der Waals surface area contributed by atoms with Gasteiger partial charge in [0.05, 0.1) is 0 Å². The third-order valence-corrected chi connectivity index (χ3v) is 2.86. The summed E-state index contributed by atoms with van der Waals surface area (Å²) in [5.74, 6) is -4.45. The van der Waals surface area contributed by atoms with Gasteiger partial charge in [-0.15, -0.1) is 0 Å². The summed E-state index contributed by atoms with van der Waals surface area (Å²) < 4.78 is 27.4. The molecule has 0 unspecified atom stereocenters. The van der Waals surface area contributed by atoms with Crippen molar-refractivity contribution in [2.45, 2.75) is 47.5 Å². The Hall–Kier alpha value is -0.990. The Balaban J connectivity index is 3.38. The molecular formula is C14H20F2O. The quantitative estimate of drug-likeness (QED) is 0.623. The lowest BCUT2D eigenvalue weighted by atomic mass is 9.74. The molecule has 0 atom stereocenters. The second-order valence-corrected chi connectivity index (χ2v) is 6.61. The first-order chi connectivity index (χ1) is 7.36. The average molecular weight is 242 g/mol. The van der Waals surface area contributed by atoms with Crippen LogP contribution in [0.2, 0.25) is 0 Å². The number of hydrogen-bond acceptors (Lipinski definition) is 1. The molecule has 0 aliphatic heterocycles. The van der Waals surface area contributed by atoms with E-state index in [0.29, 0.717) is 5.57 Å². The molecule has 96 valence electrons. The van der Waals surface area contributed by atoms with Crippen LogP contribution >= 0.6 is 0 Å². The number of hydrogen-bond donors (Lipinski definition) is 0. The summed E-state index contributed by atoms with van der Waals surface area (Å²) >= 11 is 0. The minimum atomic E-state index is -3.38. The van der Waals surface area contributed by atoms with Gasteiger partial charge in [-0.05, 0) is 22.5 Å². The number of Topliss-reactive ketones (excluding diaryl/α,β-unsaturated/α-hetero) is 1. The van der Waals surface area contributed by atoms with Crippen LogP contribution in [0, 0.1) is 10.8 Å². The van der Waals surface area contributed by atoms with Crippen LogP contribution < -0.4 is 0 Å². The summed E-state index contributed by atoms with van der Waals surface area (Å²) in [6.45, 7) is 10.9. The van der Waals surface area contributed by atoms with Gasteiger partial charge >= 0.3 is 5.92 Å². The Morgan fingerprint density at radius 1 is 1.00 bits per heavy atom. The van der Waals surface area contributed by atoms with Crippen molar-refractivity contribution in [2.24, 2.45) is 10.8 Å². The molecule has 0 saturated carbocycles. The number of allylic oxidation sites excluding steroid dienone is 4. The molecular weight excluding hydrogens is 222 g/mol. The molecule has 3 heteroatoms. The first-order valence-corrected chi connectivity index (χ1v) is 5.74. The normalized spacial score (nSPS) is 21.1. The molecule has 0 spiro atoms. The van der Waals surface area contributed by atoms with Crippen LogP contribution in [0.15, 0.2) is 23.3 Å². The highest BCUT2D eigenvalue weighted by molar-refractivity contribution is 6.04. The summed E-state index contributed by atoms with van der Waals surface area (Å²) in [7, 11) is 0. The van der Waals surface area contributed by atoms with Crippen LogP contribution in [0.1, 0.15) is 41.5 Å². The fraction of sp³-hybridized carbons (Fsp3) is 0.643. The van der Waals surface area contributed by atoms with E-state index in [-0.39, 0.29) is 11.0 Å². The van der Waals surface area contributed by atoms with Gasteiger partial charge in [-0.25, -0.2) is 0 Å². The van der Waals surface area contributed by atoms with Crippen molar-refractivity contribution >= 4 is 5.78 Å². The smallest absolute Gasteiger partial charge is 0.287 e. The molecule has 0 bridgehead atoms. The van der Waals surface area contributed by atoms with Crippen LogP contribution in [0.4, 0.5) is 8.78 Å². The zero-order valence-electron chi connectivity index (χ0n) is 11.3. The van der Waals surface area contributed by atoms with Gasteiger partial charge in [0.1, 0.15) is 0 Å². The molecule has 1 rings (SSSR count). The predicted octanol–water partition coefficient (Wildman–Crippen LogP) is 4.15. The van der Waals surface area contributed by atoms with Crippen molar-refractivity contribution in [2.75, 3.05) is 0 Å². The maximum Gasteiger partial charge on any atom is 0.328 e. The number of halogens is 2. The molecule has 0 heterocycles. The van der Waals surface area contributed by atoms with Crippen molar-refractivity contribution in [3.8, 4) is 0 Å². The van der Waals surface area contributed by atoms with E-state index >= 15 is 0 Å². The van der Waals surface area contributed by atoms with Gasteiger partial charge in [0.25, 0.3) is 0 Å². The Morgan fingerprint density at radius 2 is 1.47 bits per heavy atom. The molecule has 1 nitrogen and oxygen atoms in total. The van der Waals surface area contributed by atoms with Gasteiger partial charge in [-0.3, -0.25) is 4.79 Å². The van der Waals surface area contributed by atoms with Crippen molar-refractivity contribution < 1.29 is 13.6 Å². The Morgan fingerprint density at radius 3 is 1.82 bits per heavy atom. The lowest BCUT2D eigenvalue weighted by molar-refractivity contribution is -0.134. The van der Waals surface area contributed by atoms with E-state index in [9.17, 15) is 13.6 Å². The fourth-order valence-electron chi connectivity index (χ4n) is 1.69. The first kappa shape index (κ1) is 14.1. The highest BCUT2D eigenvalue weighted by Crippen LogP contribution is 2.41. The summed E-state index contributed by atoms with van der Waals surface area (Å²) in [4.78, 5) is 11.7. The van der Waals surface area contributed by atoms with E-state index in [2.05, 4.69) is 0 Å². The van der Waals surface area contributed by atoms with Crippen molar-refractivity contribution in [1.29, 1.82) is 0 Å². The third kappa shape index (κ3) is 2.82. The average Bonchev–Trinajstić information content (AvgIpc) is 2.05. The number of ketones is 1. The second kappa shape index (κ2) is 3.76. The zero-order chi connectivity index (χ0) is 13.6. The minimum absolute atomic E-state index is 0.204. The molecule has 0 fully saturated rings. The standard InChI is InChI=1S/C14H20F2O/c1-12(2,3)9-7-10(13(4,5)6)11(17)14(15,16)8-9/h7-8H,1-6H3. The number of carbonyl (C=O) groups excluding carboxylic acids is 1. The van der Waals surface area contributed by atoms with E-state index in [1.54, 1.807) is 26.8 Å². The van der Waals surface area contributed by atoms with Crippen molar-refractivity contribution in [3.63, 3.8) is 0 Å². The summed E-state index contributed by atoms with van der Waals surface area (Å²) in [5, 5.41) is 0. The molecule has 0 aromatic rings. The topological polar surface area (TPSA) is 17.1 Å². The van der Waals surface area contributed by atoms with E-state index in [0.717, 1.165) is 6.08 Å². The fourth-order valence-corrected chi connectivity index (χ4v) is 1.69. The summed E-state index contributed by atoms with van der Waals surface area (Å²) in [6, 6.07) is 0. The SMILES string of the molecule is CC(C)(C)C1=CC(F)(F)C(=O)C(C(C)(C)C)=C1. The molecule has 0 radical (unpaired) electrons. The lowest BCUT2D eigenvalue weighted by Crippen LogP contribution is -2.36. The van der Waals surface area contributed by atoms with Gasteiger partial charge in [-0.1, -0.05) is 47.6 Å². The van der Waals surface area contributed by atoms with E-state index in [1.165, 1.54) is 0 Å². The Bertz CT molecular complexity index is 401. The highest BCUT2D eigenvalue weighted by atomic mass is 19.3. The van der Waals surface area contributed by atoms with Gasteiger partial charge in [-0.2, -0.15) is 8.78 Å². The van der Waals surface area contributed by atoms with E-state index in [4.69, 9.17) is 0 Å². The molecule has 0 N–H and O–H groups in total. The van der Waals surface area contributed by atoms with Crippen LogP contribution in [-0.2, 0) is 4.79 Å².